The van der Waals surface area contributed by atoms with Gasteiger partial charge in [-0.1, -0.05) is 18.1 Å². The predicted molar refractivity (Wildman–Crippen MR) is 56.2 cm³/mol. The first-order valence-corrected chi connectivity index (χ1v) is 5.37. The second kappa shape index (κ2) is 3.86. The van der Waals surface area contributed by atoms with Crippen LogP contribution >= 0.6 is 11.3 Å². The van der Waals surface area contributed by atoms with Gasteiger partial charge in [-0.05, 0) is 17.9 Å². The number of carbonyl (C=O) groups is 1. The fourth-order valence-corrected chi connectivity index (χ4v) is 2.13. The Morgan fingerprint density at radius 1 is 1.67 bits per heavy atom. The van der Waals surface area contributed by atoms with Crippen LogP contribution in [0.4, 0.5) is 0 Å². The van der Waals surface area contributed by atoms with Crippen LogP contribution in [0.15, 0.2) is 22.0 Å². The van der Waals surface area contributed by atoms with Crippen molar-refractivity contribution in [2.45, 2.75) is 13.3 Å². The van der Waals surface area contributed by atoms with Gasteiger partial charge in [0, 0.05) is 5.56 Å². The van der Waals surface area contributed by atoms with Gasteiger partial charge in [0.25, 0.3) is 0 Å². The Morgan fingerprint density at radius 3 is 3.00 bits per heavy atom. The molecule has 2 aromatic rings. The van der Waals surface area contributed by atoms with E-state index in [4.69, 9.17) is 9.63 Å². The number of hydrogen-bond acceptors (Lipinski definition) is 4. The highest BCUT2D eigenvalue weighted by atomic mass is 32.1. The number of hydrogen-bond donors (Lipinski definition) is 1. The molecule has 0 aliphatic rings. The molecule has 2 rings (SSSR count). The number of thiophene rings is 1. The minimum atomic E-state index is -1.04. The summed E-state index contributed by atoms with van der Waals surface area (Å²) in [6.45, 7) is 1.88. The molecule has 0 fully saturated rings. The Labute approximate surface area is 90.1 Å². The van der Waals surface area contributed by atoms with E-state index in [1.807, 2.05) is 24.4 Å². The zero-order chi connectivity index (χ0) is 10.8. The van der Waals surface area contributed by atoms with Crippen molar-refractivity contribution in [2.75, 3.05) is 0 Å². The van der Waals surface area contributed by atoms with Crippen LogP contribution in [0.5, 0.6) is 0 Å². The summed E-state index contributed by atoms with van der Waals surface area (Å²) >= 11 is 1.50. The van der Waals surface area contributed by atoms with Crippen molar-refractivity contribution in [3.63, 3.8) is 0 Å². The van der Waals surface area contributed by atoms with Crippen LogP contribution in [0.25, 0.3) is 10.6 Å². The van der Waals surface area contributed by atoms with Crippen molar-refractivity contribution >= 4 is 17.3 Å². The van der Waals surface area contributed by atoms with Gasteiger partial charge in [-0.3, -0.25) is 0 Å². The van der Waals surface area contributed by atoms with Gasteiger partial charge in [-0.2, -0.15) is 0 Å². The maximum atomic E-state index is 10.8. The Hall–Kier alpha value is -1.62. The molecule has 0 saturated carbocycles. The van der Waals surface area contributed by atoms with Gasteiger partial charge in [0.2, 0.25) is 0 Å². The first-order valence-electron chi connectivity index (χ1n) is 4.49. The Bertz CT molecular complexity index is 473. The lowest BCUT2D eigenvalue weighted by atomic mass is 10.1. The number of rotatable bonds is 3. The molecule has 2 aromatic heterocycles. The molecule has 4 nitrogen and oxygen atoms in total. The molecular formula is C10H9NO3S. The van der Waals surface area contributed by atoms with Crippen LogP contribution in [-0.2, 0) is 6.42 Å². The lowest BCUT2D eigenvalue weighted by molar-refractivity contribution is 0.0685. The topological polar surface area (TPSA) is 63.3 Å². The number of carboxylic acid groups (broad SMARTS) is 1. The Kier molecular flexibility index (Phi) is 2.55. The van der Waals surface area contributed by atoms with Crippen molar-refractivity contribution in [3.05, 3.63) is 28.8 Å². The van der Waals surface area contributed by atoms with Crippen molar-refractivity contribution < 1.29 is 14.4 Å². The predicted octanol–water partition coefficient (Wildman–Crippen LogP) is 2.66. The zero-order valence-electron chi connectivity index (χ0n) is 8.06. The van der Waals surface area contributed by atoms with Crippen LogP contribution in [0, 0.1) is 0 Å². The standard InChI is InChI=1S/C10H9NO3S/c1-2-6-8(10(12)13)11-14-9(6)7-4-3-5-15-7/h3-5H,2H2,1H3,(H,12,13). The fraction of sp³-hybridized carbons (Fsp3) is 0.200. The average molecular weight is 223 g/mol. The van der Waals surface area contributed by atoms with Crippen LogP contribution < -0.4 is 0 Å². The van der Waals surface area contributed by atoms with Gasteiger partial charge in [0.05, 0.1) is 4.88 Å². The maximum absolute atomic E-state index is 10.8. The molecular weight excluding hydrogens is 214 g/mol. The number of aromatic carboxylic acids is 1. The third-order valence-corrected chi connectivity index (χ3v) is 2.96. The smallest absolute Gasteiger partial charge is 0.358 e. The molecule has 1 N–H and O–H groups in total. The number of nitrogens with zero attached hydrogens (tertiary/aromatic N) is 1. The fourth-order valence-electron chi connectivity index (χ4n) is 1.41. The van der Waals surface area contributed by atoms with Gasteiger partial charge in [0.1, 0.15) is 0 Å². The van der Waals surface area contributed by atoms with Crippen LogP contribution in [-0.4, -0.2) is 16.2 Å². The molecule has 15 heavy (non-hydrogen) atoms. The summed E-state index contributed by atoms with van der Waals surface area (Å²) in [5, 5.41) is 14.4. The monoisotopic (exact) mass is 223 g/mol. The largest absolute Gasteiger partial charge is 0.476 e. The van der Waals surface area contributed by atoms with Crippen molar-refractivity contribution in [2.24, 2.45) is 0 Å². The zero-order valence-corrected chi connectivity index (χ0v) is 8.87. The molecule has 78 valence electrons. The quantitative estimate of drug-likeness (QED) is 0.868. The molecule has 2 heterocycles. The summed E-state index contributed by atoms with van der Waals surface area (Å²) in [6, 6.07) is 3.78. The van der Waals surface area contributed by atoms with Crippen LogP contribution in [0.3, 0.4) is 0 Å². The second-order valence-corrected chi connectivity index (χ2v) is 3.92. The molecule has 5 heteroatoms. The molecule has 0 aliphatic carbocycles. The van der Waals surface area contributed by atoms with Crippen molar-refractivity contribution in [3.8, 4) is 10.6 Å². The Morgan fingerprint density at radius 2 is 2.47 bits per heavy atom. The van der Waals surface area contributed by atoms with Crippen molar-refractivity contribution in [1.82, 2.24) is 5.16 Å². The minimum absolute atomic E-state index is 0.0147. The molecule has 0 saturated heterocycles. The van der Waals surface area contributed by atoms with Gasteiger partial charge < -0.3 is 9.63 Å². The molecule has 0 spiro atoms. The molecule has 0 radical (unpaired) electrons. The van der Waals surface area contributed by atoms with E-state index in [0.717, 1.165) is 4.88 Å². The van der Waals surface area contributed by atoms with E-state index in [-0.39, 0.29) is 5.69 Å². The lowest BCUT2D eigenvalue weighted by Gasteiger charge is -1.94. The van der Waals surface area contributed by atoms with Gasteiger partial charge >= 0.3 is 5.97 Å². The third-order valence-electron chi connectivity index (χ3n) is 2.09. The van der Waals surface area contributed by atoms with Crippen molar-refractivity contribution in [1.29, 1.82) is 0 Å². The van der Waals surface area contributed by atoms with Gasteiger partial charge in [0.15, 0.2) is 11.5 Å². The summed E-state index contributed by atoms with van der Waals surface area (Å²) in [7, 11) is 0. The van der Waals surface area contributed by atoms with E-state index >= 15 is 0 Å². The minimum Gasteiger partial charge on any atom is -0.476 e. The summed E-state index contributed by atoms with van der Waals surface area (Å²) in [6.07, 6.45) is 0.596. The van der Waals surface area contributed by atoms with E-state index in [0.29, 0.717) is 17.7 Å². The number of aromatic nitrogens is 1. The Balaban J connectivity index is 2.54. The van der Waals surface area contributed by atoms with E-state index in [9.17, 15) is 4.79 Å². The summed E-state index contributed by atoms with van der Waals surface area (Å²) in [5.74, 6) is -0.469. The molecule has 0 aromatic carbocycles. The molecule has 0 bridgehead atoms. The maximum Gasteiger partial charge on any atom is 0.358 e. The summed E-state index contributed by atoms with van der Waals surface area (Å²) < 4.78 is 5.07. The molecule has 0 amide bonds. The molecule has 0 unspecified atom stereocenters. The van der Waals surface area contributed by atoms with E-state index in [2.05, 4.69) is 5.16 Å². The first kappa shape index (κ1) is 9.92. The highest BCUT2D eigenvalue weighted by Gasteiger charge is 2.21. The molecule has 0 atom stereocenters. The van der Waals surface area contributed by atoms with Gasteiger partial charge in [-0.15, -0.1) is 11.3 Å². The van der Waals surface area contributed by atoms with E-state index in [1.54, 1.807) is 0 Å². The van der Waals surface area contributed by atoms with Crippen LogP contribution in [0.2, 0.25) is 0 Å². The molecule has 0 aliphatic heterocycles. The normalized spacial score (nSPS) is 10.5. The lowest BCUT2D eigenvalue weighted by Crippen LogP contribution is -2.00. The van der Waals surface area contributed by atoms with E-state index in [1.165, 1.54) is 11.3 Å². The SMILES string of the molecule is CCc1c(C(=O)O)noc1-c1cccs1. The first-order chi connectivity index (χ1) is 7.24. The highest BCUT2D eigenvalue weighted by molar-refractivity contribution is 7.13. The second-order valence-electron chi connectivity index (χ2n) is 2.97. The average Bonchev–Trinajstić information content (AvgIpc) is 2.85. The highest BCUT2D eigenvalue weighted by Crippen LogP contribution is 2.30. The number of carboxylic acids is 1. The van der Waals surface area contributed by atoms with Gasteiger partial charge in [-0.25, -0.2) is 4.79 Å². The van der Waals surface area contributed by atoms with Crippen LogP contribution in [0.1, 0.15) is 23.0 Å². The summed E-state index contributed by atoms with van der Waals surface area (Å²) in [5.41, 5.74) is 0.672. The van der Waals surface area contributed by atoms with E-state index < -0.39 is 5.97 Å². The summed E-state index contributed by atoms with van der Waals surface area (Å²) in [4.78, 5) is 11.8. The third kappa shape index (κ3) is 1.66.